The third-order valence-corrected chi connectivity index (χ3v) is 4.61. The van der Waals surface area contributed by atoms with Crippen molar-refractivity contribution in [3.8, 4) is 0 Å². The van der Waals surface area contributed by atoms with Crippen LogP contribution in [0.2, 0.25) is 5.02 Å². The molecule has 1 fully saturated rings. The molecular weight excluding hydrogens is 383 g/mol. The van der Waals surface area contributed by atoms with Gasteiger partial charge >= 0.3 is 0 Å². The van der Waals surface area contributed by atoms with Crippen LogP contribution in [0.25, 0.3) is 0 Å². The van der Waals surface area contributed by atoms with Crippen LogP contribution in [0.3, 0.4) is 0 Å². The SMILES string of the molecule is CC(N)C1CCCCN1C(=O)CNC(=O)c1c(Cl)cccc1[N+](=O)[O-].Cl. The van der Waals surface area contributed by atoms with Crippen molar-refractivity contribution in [1.82, 2.24) is 10.2 Å². The number of nitro groups is 1. The van der Waals surface area contributed by atoms with E-state index in [1.54, 1.807) is 4.90 Å². The standard InChI is InChI=1S/C16H21ClN4O4.ClH/c1-10(18)12-6-2-3-8-20(12)14(22)9-19-16(23)15-11(17)5-4-7-13(15)21(24)25;/h4-5,7,10,12H,2-3,6,8-9,18H2,1H3,(H,19,23);1H. The average Bonchev–Trinajstić information content (AvgIpc) is 2.58. The van der Waals surface area contributed by atoms with Crippen molar-refractivity contribution in [3.63, 3.8) is 0 Å². The number of likely N-dealkylation sites (tertiary alicyclic amines) is 1. The summed E-state index contributed by atoms with van der Waals surface area (Å²) in [6.07, 6.45) is 2.72. The Hall–Kier alpha value is -1.90. The molecule has 1 heterocycles. The Balaban J connectivity index is 0.00000338. The Labute approximate surface area is 162 Å². The number of hydrogen-bond acceptors (Lipinski definition) is 5. The number of carbonyl (C=O) groups is 2. The Bertz CT molecular complexity index is 684. The van der Waals surface area contributed by atoms with Gasteiger partial charge in [-0.2, -0.15) is 0 Å². The monoisotopic (exact) mass is 404 g/mol. The molecule has 1 saturated heterocycles. The Morgan fingerprint density at radius 3 is 2.77 bits per heavy atom. The highest BCUT2D eigenvalue weighted by atomic mass is 35.5. The van der Waals surface area contributed by atoms with E-state index >= 15 is 0 Å². The molecule has 2 unspecified atom stereocenters. The molecule has 2 amide bonds. The zero-order valence-corrected chi connectivity index (χ0v) is 15.9. The molecule has 26 heavy (non-hydrogen) atoms. The second kappa shape index (κ2) is 9.70. The van der Waals surface area contributed by atoms with Crippen LogP contribution >= 0.6 is 24.0 Å². The van der Waals surface area contributed by atoms with E-state index in [-0.39, 0.29) is 47.5 Å². The number of carbonyl (C=O) groups excluding carboxylic acids is 2. The minimum Gasteiger partial charge on any atom is -0.343 e. The molecule has 1 aromatic rings. The van der Waals surface area contributed by atoms with Crippen LogP contribution in [-0.2, 0) is 4.79 Å². The highest BCUT2D eigenvalue weighted by Crippen LogP contribution is 2.26. The number of nitro benzene ring substituents is 1. The minimum atomic E-state index is -0.750. The summed E-state index contributed by atoms with van der Waals surface area (Å²) in [4.78, 5) is 36.8. The summed E-state index contributed by atoms with van der Waals surface area (Å²) in [5.41, 5.74) is 5.30. The van der Waals surface area contributed by atoms with Gasteiger partial charge in [-0.05, 0) is 32.3 Å². The molecule has 3 N–H and O–H groups in total. The van der Waals surface area contributed by atoms with Gasteiger partial charge in [-0.25, -0.2) is 0 Å². The molecule has 1 aliphatic heterocycles. The van der Waals surface area contributed by atoms with Crippen LogP contribution in [0.1, 0.15) is 36.5 Å². The van der Waals surface area contributed by atoms with E-state index in [1.807, 2.05) is 6.92 Å². The number of nitrogens with two attached hydrogens (primary N) is 1. The zero-order chi connectivity index (χ0) is 18.6. The van der Waals surface area contributed by atoms with Crippen LogP contribution in [0.15, 0.2) is 18.2 Å². The number of benzene rings is 1. The number of nitrogens with one attached hydrogen (secondary N) is 1. The maximum absolute atomic E-state index is 12.4. The van der Waals surface area contributed by atoms with Crippen molar-refractivity contribution in [2.45, 2.75) is 38.3 Å². The highest BCUT2D eigenvalue weighted by Gasteiger charge is 2.30. The van der Waals surface area contributed by atoms with Crippen LogP contribution in [0, 0.1) is 10.1 Å². The van der Waals surface area contributed by atoms with Crippen LogP contribution in [-0.4, -0.2) is 46.8 Å². The number of nitrogens with zero attached hydrogens (tertiary/aromatic N) is 2. The van der Waals surface area contributed by atoms with E-state index < -0.39 is 16.5 Å². The van der Waals surface area contributed by atoms with Crippen molar-refractivity contribution in [2.24, 2.45) is 5.73 Å². The molecule has 1 aromatic carbocycles. The second-order valence-corrected chi connectivity index (χ2v) is 6.49. The van der Waals surface area contributed by atoms with Crippen molar-refractivity contribution < 1.29 is 14.5 Å². The first kappa shape index (κ1) is 22.1. The summed E-state index contributed by atoms with van der Waals surface area (Å²) in [5, 5.41) is 13.5. The fraction of sp³-hybridized carbons (Fsp3) is 0.500. The summed E-state index contributed by atoms with van der Waals surface area (Å²) < 4.78 is 0. The first-order valence-electron chi connectivity index (χ1n) is 8.09. The van der Waals surface area contributed by atoms with E-state index in [2.05, 4.69) is 5.32 Å². The Morgan fingerprint density at radius 1 is 1.46 bits per heavy atom. The highest BCUT2D eigenvalue weighted by molar-refractivity contribution is 6.34. The zero-order valence-electron chi connectivity index (χ0n) is 14.3. The number of amides is 2. The third-order valence-electron chi connectivity index (χ3n) is 4.29. The molecule has 1 aliphatic rings. The number of rotatable bonds is 5. The Kier molecular flexibility index (Phi) is 8.26. The van der Waals surface area contributed by atoms with Gasteiger partial charge in [0, 0.05) is 24.7 Å². The van der Waals surface area contributed by atoms with E-state index in [0.29, 0.717) is 6.54 Å². The lowest BCUT2D eigenvalue weighted by molar-refractivity contribution is -0.385. The van der Waals surface area contributed by atoms with Crippen molar-refractivity contribution >= 4 is 41.5 Å². The van der Waals surface area contributed by atoms with Gasteiger partial charge in [0.2, 0.25) is 5.91 Å². The fourth-order valence-electron chi connectivity index (χ4n) is 3.05. The lowest BCUT2D eigenvalue weighted by Crippen LogP contribution is -2.54. The van der Waals surface area contributed by atoms with Gasteiger partial charge in [0.05, 0.1) is 16.5 Å². The molecular formula is C16H22Cl2N4O4. The third kappa shape index (κ3) is 5.06. The van der Waals surface area contributed by atoms with Gasteiger partial charge in [-0.3, -0.25) is 19.7 Å². The molecule has 0 saturated carbocycles. The molecule has 0 aromatic heterocycles. The van der Waals surface area contributed by atoms with Gasteiger partial charge in [-0.15, -0.1) is 12.4 Å². The van der Waals surface area contributed by atoms with Gasteiger partial charge in [0.25, 0.3) is 11.6 Å². The van der Waals surface area contributed by atoms with E-state index in [9.17, 15) is 19.7 Å². The topological polar surface area (TPSA) is 119 Å². The summed E-state index contributed by atoms with van der Waals surface area (Å²) >= 11 is 5.92. The maximum atomic E-state index is 12.4. The first-order valence-corrected chi connectivity index (χ1v) is 8.47. The smallest absolute Gasteiger partial charge is 0.283 e. The lowest BCUT2D eigenvalue weighted by Gasteiger charge is -2.38. The second-order valence-electron chi connectivity index (χ2n) is 6.08. The molecule has 144 valence electrons. The summed E-state index contributed by atoms with van der Waals surface area (Å²) in [6.45, 7) is 2.18. The van der Waals surface area contributed by atoms with Gasteiger partial charge in [0.1, 0.15) is 5.56 Å². The molecule has 0 radical (unpaired) electrons. The van der Waals surface area contributed by atoms with Crippen molar-refractivity contribution in [1.29, 1.82) is 0 Å². The maximum Gasteiger partial charge on any atom is 0.283 e. The van der Waals surface area contributed by atoms with Gasteiger partial charge in [-0.1, -0.05) is 17.7 Å². The minimum absolute atomic E-state index is 0. The molecule has 0 aliphatic carbocycles. The van der Waals surface area contributed by atoms with Gasteiger partial charge in [0.15, 0.2) is 0 Å². The quantitative estimate of drug-likeness (QED) is 0.575. The van der Waals surface area contributed by atoms with E-state index in [1.165, 1.54) is 18.2 Å². The van der Waals surface area contributed by atoms with Crippen LogP contribution in [0.5, 0.6) is 0 Å². The van der Waals surface area contributed by atoms with Crippen LogP contribution < -0.4 is 11.1 Å². The predicted molar refractivity (Wildman–Crippen MR) is 101 cm³/mol. The predicted octanol–water partition coefficient (Wildman–Crippen LogP) is 2.13. The molecule has 2 atom stereocenters. The van der Waals surface area contributed by atoms with E-state index in [0.717, 1.165) is 19.3 Å². The number of halogens is 2. The van der Waals surface area contributed by atoms with Gasteiger partial charge < -0.3 is 16.0 Å². The largest absolute Gasteiger partial charge is 0.343 e. The summed E-state index contributed by atoms with van der Waals surface area (Å²) in [5.74, 6) is -1.01. The van der Waals surface area contributed by atoms with Crippen molar-refractivity contribution in [2.75, 3.05) is 13.1 Å². The lowest BCUT2D eigenvalue weighted by atomic mass is 9.97. The van der Waals surface area contributed by atoms with Crippen molar-refractivity contribution in [3.05, 3.63) is 38.9 Å². The summed E-state index contributed by atoms with van der Waals surface area (Å²) in [6, 6.07) is 3.75. The van der Waals surface area contributed by atoms with E-state index in [4.69, 9.17) is 17.3 Å². The molecule has 0 spiro atoms. The molecule has 2 rings (SSSR count). The fourth-order valence-corrected chi connectivity index (χ4v) is 3.30. The molecule has 8 nitrogen and oxygen atoms in total. The van der Waals surface area contributed by atoms with Crippen LogP contribution in [0.4, 0.5) is 5.69 Å². The number of piperidine rings is 1. The Morgan fingerprint density at radius 2 is 2.15 bits per heavy atom. The molecule has 0 bridgehead atoms. The first-order chi connectivity index (χ1) is 11.8. The average molecular weight is 405 g/mol. The summed E-state index contributed by atoms with van der Waals surface area (Å²) in [7, 11) is 0. The number of hydrogen-bond donors (Lipinski definition) is 2. The normalized spacial score (nSPS) is 17.8. The molecule has 10 heteroatoms.